The minimum absolute atomic E-state index is 0.248. The van der Waals surface area contributed by atoms with Gasteiger partial charge in [0.15, 0.2) is 5.96 Å². The first-order chi connectivity index (χ1) is 13.9. The average molecular weight is 399 g/mol. The number of imidazole rings is 1. The lowest BCUT2D eigenvalue weighted by Crippen LogP contribution is -2.44. The second kappa shape index (κ2) is 8.87. The Kier molecular flexibility index (Phi) is 6.28. The van der Waals surface area contributed by atoms with Crippen LogP contribution in [0.5, 0.6) is 0 Å². The minimum Gasteiger partial charge on any atom is -0.383 e. The van der Waals surface area contributed by atoms with Crippen LogP contribution in [0, 0.1) is 5.82 Å². The van der Waals surface area contributed by atoms with E-state index in [9.17, 15) is 9.50 Å². The lowest BCUT2D eigenvalue weighted by molar-refractivity contribution is 0.0616. The van der Waals surface area contributed by atoms with Gasteiger partial charge in [-0.2, -0.15) is 5.10 Å². The zero-order chi connectivity index (χ0) is 20.9. The van der Waals surface area contributed by atoms with Crippen molar-refractivity contribution in [2.24, 2.45) is 12.0 Å². The maximum absolute atomic E-state index is 14.4. The van der Waals surface area contributed by atoms with Crippen LogP contribution >= 0.6 is 0 Å². The Bertz CT molecular complexity index is 963. The van der Waals surface area contributed by atoms with E-state index in [2.05, 4.69) is 25.7 Å². The summed E-state index contributed by atoms with van der Waals surface area (Å²) in [6, 6.07) is 5.00. The van der Waals surface area contributed by atoms with Crippen molar-refractivity contribution in [2.75, 3.05) is 13.1 Å². The highest BCUT2D eigenvalue weighted by atomic mass is 19.1. The van der Waals surface area contributed by atoms with Gasteiger partial charge in [-0.1, -0.05) is 6.07 Å². The summed E-state index contributed by atoms with van der Waals surface area (Å²) in [7, 11) is 1.80. The van der Waals surface area contributed by atoms with Crippen LogP contribution in [-0.4, -0.2) is 43.5 Å². The average Bonchev–Trinajstić information content (AvgIpc) is 3.36. The molecule has 0 aliphatic rings. The van der Waals surface area contributed by atoms with Crippen molar-refractivity contribution >= 4 is 5.96 Å². The summed E-state index contributed by atoms with van der Waals surface area (Å²) in [6.07, 6.45) is 8.26. The molecule has 1 unspecified atom stereocenters. The Hall–Kier alpha value is -3.20. The van der Waals surface area contributed by atoms with Gasteiger partial charge in [-0.25, -0.2) is 14.4 Å². The number of nitrogens with zero attached hydrogens (tertiary/aromatic N) is 5. The molecule has 2 aromatic heterocycles. The SMILES string of the molecule is CCNC(=NCc1ccc(-n2ccnc2)c(F)c1)NCC(C)(O)c1cnn(C)c1. The maximum Gasteiger partial charge on any atom is 0.191 e. The molecule has 8 nitrogen and oxygen atoms in total. The van der Waals surface area contributed by atoms with Gasteiger partial charge < -0.3 is 20.3 Å². The molecule has 0 bridgehead atoms. The molecule has 0 spiro atoms. The van der Waals surface area contributed by atoms with Crippen LogP contribution in [0.15, 0.2) is 54.3 Å². The first kappa shape index (κ1) is 20.5. The molecule has 0 aliphatic heterocycles. The third kappa shape index (κ3) is 5.20. The van der Waals surface area contributed by atoms with E-state index in [1.165, 1.54) is 6.07 Å². The summed E-state index contributed by atoms with van der Waals surface area (Å²) in [5.74, 6) is 0.198. The number of halogens is 1. The molecular weight excluding hydrogens is 373 g/mol. The Morgan fingerprint density at radius 1 is 1.34 bits per heavy atom. The van der Waals surface area contributed by atoms with Crippen LogP contribution in [0.1, 0.15) is 25.0 Å². The minimum atomic E-state index is -1.11. The molecule has 3 rings (SSSR count). The van der Waals surface area contributed by atoms with Gasteiger partial charge in [-0.15, -0.1) is 0 Å². The molecule has 0 saturated heterocycles. The molecule has 0 saturated carbocycles. The topological polar surface area (TPSA) is 92.3 Å². The molecule has 154 valence electrons. The number of benzene rings is 1. The summed E-state index contributed by atoms with van der Waals surface area (Å²) >= 11 is 0. The number of guanidine groups is 1. The smallest absolute Gasteiger partial charge is 0.191 e. The van der Waals surface area contributed by atoms with Gasteiger partial charge in [0.1, 0.15) is 11.4 Å². The fourth-order valence-corrected chi connectivity index (χ4v) is 2.83. The number of aryl methyl sites for hydroxylation is 1. The quantitative estimate of drug-likeness (QED) is 0.416. The first-order valence-electron chi connectivity index (χ1n) is 9.39. The zero-order valence-corrected chi connectivity index (χ0v) is 16.8. The van der Waals surface area contributed by atoms with Gasteiger partial charge in [-0.3, -0.25) is 4.68 Å². The number of aromatic nitrogens is 4. The second-order valence-corrected chi connectivity index (χ2v) is 6.98. The number of rotatable bonds is 7. The highest BCUT2D eigenvalue weighted by Gasteiger charge is 2.25. The van der Waals surface area contributed by atoms with Crippen LogP contribution in [-0.2, 0) is 19.2 Å². The third-order valence-electron chi connectivity index (χ3n) is 4.49. The highest BCUT2D eigenvalue weighted by molar-refractivity contribution is 5.79. The van der Waals surface area contributed by atoms with Crippen LogP contribution < -0.4 is 10.6 Å². The number of aliphatic hydroxyl groups is 1. The van der Waals surface area contributed by atoms with E-state index in [1.54, 1.807) is 60.4 Å². The zero-order valence-electron chi connectivity index (χ0n) is 16.8. The van der Waals surface area contributed by atoms with Crippen molar-refractivity contribution < 1.29 is 9.50 Å². The van der Waals surface area contributed by atoms with Gasteiger partial charge in [0.25, 0.3) is 0 Å². The van der Waals surface area contributed by atoms with E-state index in [0.29, 0.717) is 30.3 Å². The van der Waals surface area contributed by atoms with Gasteiger partial charge in [0.2, 0.25) is 0 Å². The Balaban J connectivity index is 1.67. The summed E-state index contributed by atoms with van der Waals surface area (Å²) in [5, 5.41) is 21.1. The van der Waals surface area contributed by atoms with Crippen molar-refractivity contribution in [1.82, 2.24) is 30.0 Å². The van der Waals surface area contributed by atoms with E-state index in [4.69, 9.17) is 0 Å². The summed E-state index contributed by atoms with van der Waals surface area (Å²) in [6.45, 7) is 4.87. The number of nitrogens with one attached hydrogen (secondary N) is 2. The fourth-order valence-electron chi connectivity index (χ4n) is 2.83. The number of aliphatic imine (C=N–C) groups is 1. The molecule has 3 N–H and O–H groups in total. The molecule has 9 heteroatoms. The predicted octanol–water partition coefficient (Wildman–Crippen LogP) is 1.71. The molecule has 1 aromatic carbocycles. The van der Waals surface area contributed by atoms with Gasteiger partial charge in [0.05, 0.1) is 31.3 Å². The Labute approximate surface area is 169 Å². The normalized spacial score (nSPS) is 13.9. The van der Waals surface area contributed by atoms with Crippen molar-refractivity contribution in [3.8, 4) is 5.69 Å². The van der Waals surface area contributed by atoms with E-state index < -0.39 is 5.60 Å². The van der Waals surface area contributed by atoms with E-state index in [0.717, 1.165) is 5.56 Å². The monoisotopic (exact) mass is 399 g/mol. The van der Waals surface area contributed by atoms with E-state index in [-0.39, 0.29) is 12.4 Å². The van der Waals surface area contributed by atoms with Gasteiger partial charge in [-0.05, 0) is 31.5 Å². The molecule has 2 heterocycles. The molecule has 0 radical (unpaired) electrons. The van der Waals surface area contributed by atoms with Crippen LogP contribution in [0.3, 0.4) is 0 Å². The first-order valence-corrected chi connectivity index (χ1v) is 9.39. The standard InChI is InChI=1S/C20H26FN7O/c1-4-23-19(25-13-20(2,29)16-11-26-27(3)12-16)24-10-15-5-6-18(17(21)9-15)28-8-7-22-14-28/h5-9,11-12,14,29H,4,10,13H2,1-3H3,(H2,23,24,25). The van der Waals surface area contributed by atoms with E-state index in [1.807, 2.05) is 13.0 Å². The van der Waals surface area contributed by atoms with Crippen LogP contribution in [0.2, 0.25) is 0 Å². The van der Waals surface area contributed by atoms with Gasteiger partial charge >= 0.3 is 0 Å². The molecular formula is C20H26FN7O. The van der Waals surface area contributed by atoms with Crippen molar-refractivity contribution in [3.63, 3.8) is 0 Å². The predicted molar refractivity (Wildman–Crippen MR) is 109 cm³/mol. The van der Waals surface area contributed by atoms with Crippen molar-refractivity contribution in [2.45, 2.75) is 26.0 Å². The van der Waals surface area contributed by atoms with E-state index >= 15 is 0 Å². The Morgan fingerprint density at radius 3 is 2.79 bits per heavy atom. The number of hydrogen-bond acceptors (Lipinski definition) is 4. The summed E-state index contributed by atoms with van der Waals surface area (Å²) in [5.41, 5.74) is 0.777. The molecule has 0 amide bonds. The molecule has 29 heavy (non-hydrogen) atoms. The largest absolute Gasteiger partial charge is 0.383 e. The third-order valence-corrected chi connectivity index (χ3v) is 4.49. The summed E-state index contributed by atoms with van der Waals surface area (Å²) < 4.78 is 17.7. The molecule has 3 aromatic rings. The highest BCUT2D eigenvalue weighted by Crippen LogP contribution is 2.18. The lowest BCUT2D eigenvalue weighted by atomic mass is 10.00. The van der Waals surface area contributed by atoms with Crippen LogP contribution in [0.25, 0.3) is 5.69 Å². The van der Waals surface area contributed by atoms with Gasteiger partial charge in [0, 0.05) is 37.7 Å². The lowest BCUT2D eigenvalue weighted by Gasteiger charge is -2.23. The Morgan fingerprint density at radius 2 is 2.17 bits per heavy atom. The molecule has 0 fully saturated rings. The van der Waals surface area contributed by atoms with Crippen molar-refractivity contribution in [3.05, 3.63) is 66.3 Å². The van der Waals surface area contributed by atoms with Crippen LogP contribution in [0.4, 0.5) is 4.39 Å². The maximum atomic E-state index is 14.4. The number of hydrogen-bond donors (Lipinski definition) is 3. The fraction of sp³-hybridized carbons (Fsp3) is 0.350. The molecule has 1 atom stereocenters. The van der Waals surface area contributed by atoms with Crippen molar-refractivity contribution in [1.29, 1.82) is 0 Å². The molecule has 0 aliphatic carbocycles. The summed E-state index contributed by atoms with van der Waals surface area (Å²) in [4.78, 5) is 8.43. The second-order valence-electron chi connectivity index (χ2n) is 6.98.